The quantitative estimate of drug-likeness (QED) is 0.597. The molecule has 1 fully saturated rings. The van der Waals surface area contributed by atoms with Gasteiger partial charge in [0.2, 0.25) is 0 Å². The van der Waals surface area contributed by atoms with Crippen LogP contribution in [0.1, 0.15) is 52.9 Å². The van der Waals surface area contributed by atoms with Gasteiger partial charge in [-0.05, 0) is 50.4 Å². The molecule has 0 aromatic rings. The van der Waals surface area contributed by atoms with Crippen molar-refractivity contribution < 1.29 is 4.79 Å². The van der Waals surface area contributed by atoms with E-state index >= 15 is 0 Å². The Kier molecular flexibility index (Phi) is 2.74. The fourth-order valence-corrected chi connectivity index (χ4v) is 3.39. The van der Waals surface area contributed by atoms with Crippen LogP contribution in [0.4, 0.5) is 0 Å². The van der Waals surface area contributed by atoms with Gasteiger partial charge in [0.1, 0.15) is 5.78 Å². The lowest BCUT2D eigenvalue weighted by Crippen LogP contribution is -2.37. The van der Waals surface area contributed by atoms with E-state index in [2.05, 4.69) is 19.9 Å². The van der Waals surface area contributed by atoms with Gasteiger partial charge in [-0.3, -0.25) is 4.79 Å². The monoisotopic (exact) mass is 206 g/mol. The second-order valence-corrected chi connectivity index (χ2v) is 5.68. The van der Waals surface area contributed by atoms with Gasteiger partial charge >= 0.3 is 0 Å². The van der Waals surface area contributed by atoms with Crippen LogP contribution in [0.2, 0.25) is 0 Å². The molecule has 0 aromatic carbocycles. The van der Waals surface area contributed by atoms with Crippen molar-refractivity contribution in [1.29, 1.82) is 0 Å². The van der Waals surface area contributed by atoms with E-state index in [4.69, 9.17) is 0 Å². The number of Topliss-reactive ketones (excluding diaryl/α,β-unsaturated/α-hetero) is 1. The molecule has 0 heterocycles. The maximum atomic E-state index is 11.5. The fraction of sp³-hybridized carbons (Fsp3) is 0.786. The molecule has 1 saturated carbocycles. The summed E-state index contributed by atoms with van der Waals surface area (Å²) < 4.78 is 0. The van der Waals surface area contributed by atoms with Gasteiger partial charge < -0.3 is 0 Å². The molecule has 84 valence electrons. The topological polar surface area (TPSA) is 17.1 Å². The molecule has 0 N–H and O–H groups in total. The Morgan fingerprint density at radius 3 is 2.87 bits per heavy atom. The van der Waals surface area contributed by atoms with Crippen molar-refractivity contribution in [2.45, 2.75) is 52.9 Å². The third-order valence-corrected chi connectivity index (χ3v) is 4.82. The first kappa shape index (κ1) is 10.9. The van der Waals surface area contributed by atoms with Crippen molar-refractivity contribution in [1.82, 2.24) is 0 Å². The van der Waals surface area contributed by atoms with Gasteiger partial charge in [0, 0.05) is 5.92 Å². The second-order valence-electron chi connectivity index (χ2n) is 5.68. The summed E-state index contributed by atoms with van der Waals surface area (Å²) in [6.45, 7) is 6.49. The van der Waals surface area contributed by atoms with E-state index in [1.165, 1.54) is 12.8 Å². The maximum absolute atomic E-state index is 11.5. The molecule has 15 heavy (non-hydrogen) atoms. The molecule has 0 aliphatic heterocycles. The summed E-state index contributed by atoms with van der Waals surface area (Å²) in [5.41, 5.74) is 1.96. The van der Waals surface area contributed by atoms with Crippen molar-refractivity contribution in [2.75, 3.05) is 0 Å². The highest BCUT2D eigenvalue weighted by Crippen LogP contribution is 2.52. The maximum Gasteiger partial charge on any atom is 0.132 e. The molecule has 3 atom stereocenters. The summed E-state index contributed by atoms with van der Waals surface area (Å²) in [6, 6.07) is 0. The zero-order valence-electron chi connectivity index (χ0n) is 10.2. The van der Waals surface area contributed by atoms with Crippen LogP contribution in [0.15, 0.2) is 11.6 Å². The number of ketones is 1. The molecule has 0 amide bonds. The molecule has 2 aliphatic carbocycles. The van der Waals surface area contributed by atoms with Crippen LogP contribution in [-0.2, 0) is 4.79 Å². The smallest absolute Gasteiger partial charge is 0.132 e. The molecule has 1 nitrogen and oxygen atoms in total. The lowest BCUT2D eigenvalue weighted by atomic mass is 9.58. The van der Waals surface area contributed by atoms with Gasteiger partial charge in [0.25, 0.3) is 0 Å². The van der Waals surface area contributed by atoms with E-state index < -0.39 is 0 Å². The highest BCUT2D eigenvalue weighted by molar-refractivity contribution is 5.78. The van der Waals surface area contributed by atoms with E-state index in [0.29, 0.717) is 17.1 Å². The predicted octanol–water partition coefficient (Wildman–Crippen LogP) is 3.74. The molecule has 0 unspecified atom stereocenters. The number of hydrogen-bond donors (Lipinski definition) is 0. The zero-order valence-corrected chi connectivity index (χ0v) is 10.2. The number of hydrogen-bond acceptors (Lipinski definition) is 1. The summed E-state index contributed by atoms with van der Waals surface area (Å²) in [5.74, 6) is 1.47. The standard InChI is InChI=1S/C14H22O/c1-10-5-4-6-13-8-7-12(11(2)15)9-14(10,13)3/h6,10,12H,4-5,7-9H2,1-3H3/t10-,12-,14+/m1/s1. The van der Waals surface area contributed by atoms with Crippen LogP contribution in [0.3, 0.4) is 0 Å². The van der Waals surface area contributed by atoms with Crippen LogP contribution in [0, 0.1) is 17.3 Å². The molecule has 0 bridgehead atoms. The minimum atomic E-state index is 0.326. The van der Waals surface area contributed by atoms with E-state index in [0.717, 1.165) is 25.2 Å². The molecule has 0 saturated heterocycles. The van der Waals surface area contributed by atoms with Gasteiger partial charge in [-0.1, -0.05) is 25.5 Å². The van der Waals surface area contributed by atoms with Gasteiger partial charge in [-0.2, -0.15) is 0 Å². The Balaban J connectivity index is 2.24. The Morgan fingerprint density at radius 1 is 1.47 bits per heavy atom. The molecule has 2 aliphatic rings. The van der Waals surface area contributed by atoms with Crippen LogP contribution >= 0.6 is 0 Å². The van der Waals surface area contributed by atoms with Gasteiger partial charge in [0.15, 0.2) is 0 Å². The molecule has 0 aromatic heterocycles. The van der Waals surface area contributed by atoms with Crippen molar-refractivity contribution in [3.05, 3.63) is 11.6 Å². The number of carbonyl (C=O) groups is 1. The molecular formula is C14H22O. The van der Waals surface area contributed by atoms with Gasteiger partial charge in [-0.25, -0.2) is 0 Å². The SMILES string of the molecule is CC(=O)[C@@H]1CCC2=CCC[C@@H](C)[C@]2(C)C1. The average molecular weight is 206 g/mol. The van der Waals surface area contributed by atoms with Crippen molar-refractivity contribution in [3.63, 3.8) is 0 Å². The summed E-state index contributed by atoms with van der Waals surface area (Å²) in [6.07, 6.45) is 8.32. The summed E-state index contributed by atoms with van der Waals surface area (Å²) in [4.78, 5) is 11.5. The lowest BCUT2D eigenvalue weighted by molar-refractivity contribution is -0.122. The zero-order chi connectivity index (χ0) is 11.1. The molecule has 1 heteroatoms. The normalized spacial score (nSPS) is 40.6. The third-order valence-electron chi connectivity index (χ3n) is 4.82. The Hall–Kier alpha value is -0.590. The van der Waals surface area contributed by atoms with Crippen LogP contribution in [0.5, 0.6) is 0 Å². The lowest BCUT2D eigenvalue weighted by Gasteiger charge is -2.46. The third kappa shape index (κ3) is 1.77. The highest BCUT2D eigenvalue weighted by Gasteiger charge is 2.42. The number of fused-ring (bicyclic) bond motifs is 1. The minimum absolute atomic E-state index is 0.326. The first-order valence-electron chi connectivity index (χ1n) is 6.24. The van der Waals surface area contributed by atoms with Crippen molar-refractivity contribution >= 4 is 5.78 Å². The van der Waals surface area contributed by atoms with E-state index in [1.807, 2.05) is 0 Å². The largest absolute Gasteiger partial charge is 0.300 e. The predicted molar refractivity (Wildman–Crippen MR) is 62.6 cm³/mol. The number of carbonyl (C=O) groups excluding carboxylic acids is 1. The summed E-state index contributed by atoms with van der Waals surface area (Å²) in [7, 11) is 0. The van der Waals surface area contributed by atoms with Crippen LogP contribution < -0.4 is 0 Å². The molecule has 0 radical (unpaired) electrons. The van der Waals surface area contributed by atoms with Crippen molar-refractivity contribution in [2.24, 2.45) is 17.3 Å². The van der Waals surface area contributed by atoms with Crippen LogP contribution in [-0.4, -0.2) is 5.78 Å². The van der Waals surface area contributed by atoms with E-state index in [9.17, 15) is 4.79 Å². The van der Waals surface area contributed by atoms with Gasteiger partial charge in [0.05, 0.1) is 0 Å². The highest BCUT2D eigenvalue weighted by atomic mass is 16.1. The first-order chi connectivity index (χ1) is 7.04. The van der Waals surface area contributed by atoms with Crippen LogP contribution in [0.25, 0.3) is 0 Å². The van der Waals surface area contributed by atoms with Crippen molar-refractivity contribution in [3.8, 4) is 0 Å². The number of allylic oxidation sites excluding steroid dienone is 2. The molecule has 0 spiro atoms. The fourth-order valence-electron chi connectivity index (χ4n) is 3.39. The van der Waals surface area contributed by atoms with E-state index in [1.54, 1.807) is 12.5 Å². The Bertz CT molecular complexity index is 302. The van der Waals surface area contributed by atoms with E-state index in [-0.39, 0.29) is 0 Å². The molecule has 2 rings (SSSR count). The Labute approximate surface area is 92.9 Å². The summed E-state index contributed by atoms with van der Waals surface area (Å²) >= 11 is 0. The first-order valence-corrected chi connectivity index (χ1v) is 6.24. The average Bonchev–Trinajstić information content (AvgIpc) is 2.19. The number of rotatable bonds is 1. The summed E-state index contributed by atoms with van der Waals surface area (Å²) in [5, 5.41) is 0. The minimum Gasteiger partial charge on any atom is -0.300 e. The molecular weight excluding hydrogens is 184 g/mol. The second kappa shape index (κ2) is 3.77. The Morgan fingerprint density at radius 2 is 2.20 bits per heavy atom. The van der Waals surface area contributed by atoms with Gasteiger partial charge in [-0.15, -0.1) is 0 Å².